The minimum Gasteiger partial charge on any atom is -0.318 e. The Morgan fingerprint density at radius 2 is 2.19 bits per heavy atom. The van der Waals surface area contributed by atoms with Gasteiger partial charge in [-0.25, -0.2) is 0 Å². The van der Waals surface area contributed by atoms with E-state index < -0.39 is 17.8 Å². The van der Waals surface area contributed by atoms with Gasteiger partial charge in [0.05, 0.1) is 5.69 Å². The van der Waals surface area contributed by atoms with Crippen molar-refractivity contribution in [2.24, 2.45) is 0 Å². The van der Waals surface area contributed by atoms with Crippen molar-refractivity contribution in [2.45, 2.75) is 20.3 Å². The van der Waals surface area contributed by atoms with Crippen molar-refractivity contribution in [3.05, 3.63) is 35.7 Å². The first-order chi connectivity index (χ1) is 7.54. The molecule has 86 valence electrons. The predicted octanol–water partition coefficient (Wildman–Crippen LogP) is 2.65. The normalized spacial score (nSPS) is 11.4. The fraction of sp³-hybridized carbons (Fsp3) is 0.273. The van der Waals surface area contributed by atoms with Gasteiger partial charge in [0, 0.05) is 5.57 Å². The minimum absolute atomic E-state index is 0.129. The van der Waals surface area contributed by atoms with Crippen LogP contribution in [0.5, 0.6) is 0 Å². The molecule has 0 radical (unpaired) electrons. The Kier molecular flexibility index (Phi) is 4.10. The summed E-state index contributed by atoms with van der Waals surface area (Å²) in [6.45, 7) is 3.50. The minimum atomic E-state index is -1.03. The molecule has 0 unspecified atom stereocenters. The van der Waals surface area contributed by atoms with Crippen molar-refractivity contribution < 1.29 is 13.6 Å². The van der Waals surface area contributed by atoms with Crippen molar-refractivity contribution in [1.82, 2.24) is 4.98 Å². The fourth-order valence-corrected chi connectivity index (χ4v) is 1.13. The molecule has 0 fully saturated rings. The lowest BCUT2D eigenvalue weighted by Crippen LogP contribution is -2.14. The molecule has 0 spiro atoms. The quantitative estimate of drug-likeness (QED) is 0.636. The van der Waals surface area contributed by atoms with Crippen molar-refractivity contribution in [3.8, 4) is 0 Å². The number of hydrogen-bond donors (Lipinski definition) is 1. The van der Waals surface area contributed by atoms with Gasteiger partial charge in [0.25, 0.3) is 5.91 Å². The molecule has 1 N–H and O–H groups in total. The smallest absolute Gasteiger partial charge is 0.251 e. The first-order valence-electron chi connectivity index (χ1n) is 4.84. The Morgan fingerprint density at radius 3 is 2.75 bits per heavy atom. The zero-order valence-corrected chi connectivity index (χ0v) is 9.05. The number of nitrogens with one attached hydrogen (secondary N) is 1. The third-order valence-electron chi connectivity index (χ3n) is 1.93. The summed E-state index contributed by atoms with van der Waals surface area (Å²) >= 11 is 0. The predicted molar refractivity (Wildman–Crippen MR) is 56.8 cm³/mol. The van der Waals surface area contributed by atoms with Gasteiger partial charge >= 0.3 is 0 Å². The molecule has 0 atom stereocenters. The highest BCUT2D eigenvalue weighted by Gasteiger charge is 2.09. The topological polar surface area (TPSA) is 42.0 Å². The molecular weight excluding hydrogens is 214 g/mol. The summed E-state index contributed by atoms with van der Waals surface area (Å²) in [4.78, 5) is 14.4. The molecule has 0 saturated heterocycles. The van der Waals surface area contributed by atoms with E-state index in [9.17, 15) is 13.6 Å². The summed E-state index contributed by atoms with van der Waals surface area (Å²) in [5, 5.41) is 2.31. The molecule has 3 nitrogen and oxygen atoms in total. The maximum atomic E-state index is 13.1. The molecule has 0 aliphatic heterocycles. The Hall–Kier alpha value is -1.78. The molecule has 0 saturated carbocycles. The largest absolute Gasteiger partial charge is 0.318 e. The van der Waals surface area contributed by atoms with Crippen LogP contribution >= 0.6 is 0 Å². The second kappa shape index (κ2) is 5.34. The zero-order chi connectivity index (χ0) is 12.1. The summed E-state index contributed by atoms with van der Waals surface area (Å²) in [7, 11) is 0. The standard InChI is InChI=1S/C11H12F2N2O/c1-3-4-7(2)11(16)14-8-5-6-9(12)15-10(8)13/h4-6H,3H2,1-2H3,(H,14,16)/b7-4-. The van der Waals surface area contributed by atoms with Gasteiger partial charge in [0.15, 0.2) is 0 Å². The summed E-state index contributed by atoms with van der Waals surface area (Å²) in [5.41, 5.74) is 0.349. The molecule has 1 rings (SSSR count). The number of halogens is 2. The van der Waals surface area contributed by atoms with Crippen LogP contribution in [0.1, 0.15) is 20.3 Å². The second-order valence-corrected chi connectivity index (χ2v) is 3.22. The van der Waals surface area contributed by atoms with Crippen LogP contribution in [-0.4, -0.2) is 10.9 Å². The molecule has 5 heteroatoms. The van der Waals surface area contributed by atoms with Gasteiger partial charge in [-0.05, 0) is 25.5 Å². The second-order valence-electron chi connectivity index (χ2n) is 3.22. The van der Waals surface area contributed by atoms with E-state index in [0.717, 1.165) is 12.1 Å². The highest BCUT2D eigenvalue weighted by atomic mass is 19.1. The fourth-order valence-electron chi connectivity index (χ4n) is 1.13. The van der Waals surface area contributed by atoms with Gasteiger partial charge in [-0.15, -0.1) is 0 Å². The molecule has 1 heterocycles. The lowest BCUT2D eigenvalue weighted by molar-refractivity contribution is -0.112. The van der Waals surface area contributed by atoms with Gasteiger partial charge in [-0.2, -0.15) is 13.8 Å². The van der Waals surface area contributed by atoms with Crippen LogP contribution in [0.2, 0.25) is 0 Å². The van der Waals surface area contributed by atoms with Crippen LogP contribution < -0.4 is 5.32 Å². The lowest BCUT2D eigenvalue weighted by atomic mass is 10.2. The number of hydrogen-bond acceptors (Lipinski definition) is 2. The number of anilines is 1. The van der Waals surface area contributed by atoms with Gasteiger partial charge in [-0.1, -0.05) is 13.0 Å². The van der Waals surface area contributed by atoms with E-state index in [-0.39, 0.29) is 5.69 Å². The van der Waals surface area contributed by atoms with Crippen molar-refractivity contribution in [2.75, 3.05) is 5.32 Å². The van der Waals surface area contributed by atoms with E-state index in [1.54, 1.807) is 13.0 Å². The van der Waals surface area contributed by atoms with Gasteiger partial charge in [0.1, 0.15) is 0 Å². The molecule has 0 aromatic carbocycles. The Balaban J connectivity index is 2.81. The Labute approximate surface area is 92.2 Å². The molecule has 0 aliphatic carbocycles. The molecule has 1 aromatic rings. The average molecular weight is 226 g/mol. The van der Waals surface area contributed by atoms with E-state index in [0.29, 0.717) is 12.0 Å². The third kappa shape index (κ3) is 3.12. The van der Waals surface area contributed by atoms with E-state index in [1.807, 2.05) is 6.92 Å². The van der Waals surface area contributed by atoms with E-state index in [1.165, 1.54) is 0 Å². The molecule has 1 amide bonds. The molecule has 0 aliphatic rings. The number of nitrogens with zero attached hydrogens (tertiary/aromatic N) is 1. The highest BCUT2D eigenvalue weighted by molar-refractivity contribution is 6.03. The number of carbonyl (C=O) groups is 1. The Bertz CT molecular complexity index is 430. The molecule has 0 bridgehead atoms. The maximum absolute atomic E-state index is 13.1. The number of pyridine rings is 1. The summed E-state index contributed by atoms with van der Waals surface area (Å²) in [6.07, 6.45) is 2.42. The van der Waals surface area contributed by atoms with Crippen molar-refractivity contribution in [1.29, 1.82) is 0 Å². The van der Waals surface area contributed by atoms with Crippen LogP contribution in [-0.2, 0) is 4.79 Å². The SMILES string of the molecule is CC/C=C(/C)C(=O)Nc1ccc(F)nc1F. The molecule has 16 heavy (non-hydrogen) atoms. The van der Waals surface area contributed by atoms with Crippen LogP contribution in [0.3, 0.4) is 0 Å². The van der Waals surface area contributed by atoms with Gasteiger partial charge in [-0.3, -0.25) is 4.79 Å². The number of allylic oxidation sites excluding steroid dienone is 1. The summed E-state index contributed by atoms with van der Waals surface area (Å²) < 4.78 is 25.6. The third-order valence-corrected chi connectivity index (χ3v) is 1.93. The lowest BCUT2D eigenvalue weighted by Gasteiger charge is -2.05. The maximum Gasteiger partial charge on any atom is 0.251 e. The first kappa shape index (κ1) is 12.3. The average Bonchev–Trinajstić information content (AvgIpc) is 2.22. The van der Waals surface area contributed by atoms with Crippen molar-refractivity contribution in [3.63, 3.8) is 0 Å². The van der Waals surface area contributed by atoms with E-state index in [2.05, 4.69) is 10.3 Å². The number of rotatable bonds is 3. The van der Waals surface area contributed by atoms with Gasteiger partial charge in [0.2, 0.25) is 11.9 Å². The Morgan fingerprint density at radius 1 is 1.50 bits per heavy atom. The number of carbonyl (C=O) groups excluding carboxylic acids is 1. The number of amides is 1. The van der Waals surface area contributed by atoms with Gasteiger partial charge < -0.3 is 5.32 Å². The number of aromatic nitrogens is 1. The highest BCUT2D eigenvalue weighted by Crippen LogP contribution is 2.12. The monoisotopic (exact) mass is 226 g/mol. The van der Waals surface area contributed by atoms with Crippen LogP contribution in [0.25, 0.3) is 0 Å². The van der Waals surface area contributed by atoms with E-state index >= 15 is 0 Å². The molecular formula is C11H12F2N2O. The summed E-state index contributed by atoms with van der Waals surface area (Å²) in [6, 6.07) is 2.12. The molecule has 1 aromatic heterocycles. The summed E-state index contributed by atoms with van der Waals surface area (Å²) in [5.74, 6) is -2.37. The first-order valence-corrected chi connectivity index (χ1v) is 4.84. The van der Waals surface area contributed by atoms with Crippen LogP contribution in [0.4, 0.5) is 14.5 Å². The van der Waals surface area contributed by atoms with Crippen LogP contribution in [0.15, 0.2) is 23.8 Å². The van der Waals surface area contributed by atoms with Crippen LogP contribution in [0, 0.1) is 11.9 Å². The van der Waals surface area contributed by atoms with Crippen molar-refractivity contribution >= 4 is 11.6 Å². The van der Waals surface area contributed by atoms with E-state index in [4.69, 9.17) is 0 Å². The zero-order valence-electron chi connectivity index (χ0n) is 9.05.